The molecule has 176 valence electrons. The first-order chi connectivity index (χ1) is 15.3. The van der Waals surface area contributed by atoms with Crippen LogP contribution in [-0.4, -0.2) is 86.3 Å². The zero-order chi connectivity index (χ0) is 23.7. The molecule has 1 aliphatic rings. The molecule has 0 aliphatic carbocycles. The van der Waals surface area contributed by atoms with Crippen LogP contribution >= 0.6 is 0 Å². The van der Waals surface area contributed by atoms with Crippen LogP contribution in [0.15, 0.2) is 30.0 Å². The summed E-state index contributed by atoms with van der Waals surface area (Å²) in [5.74, 6) is -0.830. The number of nitrogens with zero attached hydrogens (tertiary/aromatic N) is 3. The molecule has 0 spiro atoms. The van der Waals surface area contributed by atoms with Crippen LogP contribution in [0.4, 0.5) is 5.69 Å². The van der Waals surface area contributed by atoms with Crippen LogP contribution in [0.5, 0.6) is 0 Å². The number of amides is 2. The summed E-state index contributed by atoms with van der Waals surface area (Å²) < 4.78 is 15.9. The van der Waals surface area contributed by atoms with Gasteiger partial charge >= 0.3 is 0 Å². The minimum Gasteiger partial charge on any atom is -0.383 e. The molecule has 1 heterocycles. The van der Waals surface area contributed by atoms with E-state index in [0.717, 1.165) is 0 Å². The van der Waals surface area contributed by atoms with Crippen molar-refractivity contribution in [1.82, 2.24) is 9.80 Å². The molecule has 0 saturated carbocycles. The smallest absolute Gasteiger partial charge is 0.277 e. The maximum atomic E-state index is 13.3. The van der Waals surface area contributed by atoms with Gasteiger partial charge in [-0.3, -0.25) is 24.6 Å². The van der Waals surface area contributed by atoms with Gasteiger partial charge < -0.3 is 19.1 Å². The zero-order valence-electron chi connectivity index (χ0n) is 19.0. The predicted octanol–water partition coefficient (Wildman–Crippen LogP) is 2.08. The Labute approximate surface area is 187 Å². The Bertz CT molecular complexity index is 828. The van der Waals surface area contributed by atoms with Gasteiger partial charge in [-0.1, -0.05) is 0 Å². The highest BCUT2D eigenvalue weighted by Gasteiger charge is 2.41. The molecule has 0 fully saturated rings. The van der Waals surface area contributed by atoms with Crippen LogP contribution in [0.3, 0.4) is 0 Å². The van der Waals surface area contributed by atoms with E-state index in [2.05, 4.69) is 0 Å². The Morgan fingerprint density at radius 1 is 1.00 bits per heavy atom. The highest BCUT2D eigenvalue weighted by molar-refractivity contribution is 6.35. The molecule has 0 bridgehead atoms. The quantitative estimate of drug-likeness (QED) is 0.184. The van der Waals surface area contributed by atoms with Gasteiger partial charge in [0.05, 0.1) is 29.8 Å². The summed E-state index contributed by atoms with van der Waals surface area (Å²) in [6.45, 7) is 5.95. The number of hydrogen-bond donors (Lipinski definition) is 0. The van der Waals surface area contributed by atoms with Crippen molar-refractivity contribution in [3.63, 3.8) is 0 Å². The molecule has 1 aromatic rings. The van der Waals surface area contributed by atoms with Crippen molar-refractivity contribution in [2.45, 2.75) is 26.4 Å². The van der Waals surface area contributed by atoms with Crippen molar-refractivity contribution in [3.8, 4) is 0 Å². The van der Waals surface area contributed by atoms with Gasteiger partial charge in [-0.05, 0) is 38.0 Å². The van der Waals surface area contributed by atoms with Crippen LogP contribution in [0.2, 0.25) is 0 Å². The van der Waals surface area contributed by atoms with E-state index in [0.29, 0.717) is 44.9 Å². The van der Waals surface area contributed by atoms with E-state index < -0.39 is 16.7 Å². The van der Waals surface area contributed by atoms with E-state index in [1.807, 2.05) is 13.8 Å². The monoisotopic (exact) mass is 449 g/mol. The lowest BCUT2D eigenvalue weighted by Crippen LogP contribution is -2.38. The Morgan fingerprint density at radius 2 is 1.59 bits per heavy atom. The van der Waals surface area contributed by atoms with Gasteiger partial charge in [0.2, 0.25) is 0 Å². The summed E-state index contributed by atoms with van der Waals surface area (Å²) in [4.78, 5) is 40.2. The van der Waals surface area contributed by atoms with E-state index in [1.165, 1.54) is 29.2 Å². The highest BCUT2D eigenvalue weighted by atomic mass is 16.6. The number of nitro benzene ring substituents is 1. The molecule has 0 radical (unpaired) electrons. The summed E-state index contributed by atoms with van der Waals surface area (Å²) in [6.07, 6.45) is 0.565. The molecule has 1 aliphatic heterocycles. The Kier molecular flexibility index (Phi) is 9.76. The standard InChI is InChI=1S/C22H31N3O7/c1-16(2)32-13-5-10-24-21(26)19(17-6-8-18(9-7-17)25(28)29)20(22(24)27)23(11-14-30-3)12-15-31-4/h6-9,16H,5,10-15H2,1-4H3. The lowest BCUT2D eigenvalue weighted by molar-refractivity contribution is -0.384. The normalized spacial score (nSPS) is 14.1. The van der Waals surface area contributed by atoms with Crippen molar-refractivity contribution in [1.29, 1.82) is 0 Å². The molecule has 0 N–H and O–H groups in total. The number of nitro groups is 1. The molecule has 1 aromatic carbocycles. The average Bonchev–Trinajstić information content (AvgIpc) is 3.01. The second kappa shape index (κ2) is 12.3. The second-order valence-electron chi connectivity index (χ2n) is 7.54. The fourth-order valence-electron chi connectivity index (χ4n) is 3.35. The number of ether oxygens (including phenoxy) is 3. The maximum absolute atomic E-state index is 13.3. The molecule has 10 nitrogen and oxygen atoms in total. The number of non-ortho nitro benzene ring substituents is 1. The van der Waals surface area contributed by atoms with Crippen molar-refractivity contribution < 1.29 is 28.7 Å². The first kappa shape index (κ1) is 25.4. The van der Waals surface area contributed by atoms with E-state index >= 15 is 0 Å². The molecular formula is C22H31N3O7. The van der Waals surface area contributed by atoms with Crippen molar-refractivity contribution in [3.05, 3.63) is 45.6 Å². The fourth-order valence-corrected chi connectivity index (χ4v) is 3.35. The average molecular weight is 450 g/mol. The molecule has 0 saturated heterocycles. The molecule has 0 atom stereocenters. The molecule has 2 rings (SSSR count). The van der Waals surface area contributed by atoms with Crippen LogP contribution in [0, 0.1) is 10.1 Å². The maximum Gasteiger partial charge on any atom is 0.277 e. The first-order valence-electron chi connectivity index (χ1n) is 10.5. The minimum absolute atomic E-state index is 0.0583. The van der Waals surface area contributed by atoms with E-state index in [-0.39, 0.29) is 29.6 Å². The van der Waals surface area contributed by atoms with Crippen LogP contribution in [0.1, 0.15) is 25.8 Å². The fraction of sp³-hybridized carbons (Fsp3) is 0.545. The van der Waals surface area contributed by atoms with Crippen LogP contribution in [0.25, 0.3) is 5.57 Å². The highest BCUT2D eigenvalue weighted by Crippen LogP contribution is 2.32. The Balaban J connectivity index is 2.41. The summed E-state index contributed by atoms with van der Waals surface area (Å²) in [5, 5.41) is 11.0. The van der Waals surface area contributed by atoms with Crippen molar-refractivity contribution in [2.75, 3.05) is 53.7 Å². The first-order valence-corrected chi connectivity index (χ1v) is 10.5. The SMILES string of the molecule is COCCN(CCOC)C1=C(c2ccc([N+](=O)[O-])cc2)C(=O)N(CCCOC(C)C)C1=O. The van der Waals surface area contributed by atoms with E-state index in [9.17, 15) is 19.7 Å². The lowest BCUT2D eigenvalue weighted by Gasteiger charge is -2.25. The Hall–Kier alpha value is -2.82. The van der Waals surface area contributed by atoms with Crippen molar-refractivity contribution >= 4 is 23.1 Å². The number of imide groups is 1. The van der Waals surface area contributed by atoms with Gasteiger partial charge in [0.1, 0.15) is 5.70 Å². The third-order valence-electron chi connectivity index (χ3n) is 4.93. The van der Waals surface area contributed by atoms with Crippen LogP contribution in [-0.2, 0) is 23.8 Å². The van der Waals surface area contributed by atoms with Crippen LogP contribution < -0.4 is 0 Å². The van der Waals surface area contributed by atoms with E-state index in [1.54, 1.807) is 19.1 Å². The van der Waals surface area contributed by atoms with Gasteiger partial charge in [-0.25, -0.2) is 0 Å². The van der Waals surface area contributed by atoms with Crippen molar-refractivity contribution in [2.24, 2.45) is 0 Å². The minimum atomic E-state index is -0.509. The number of hydrogen-bond acceptors (Lipinski definition) is 8. The van der Waals surface area contributed by atoms with Gasteiger partial charge in [0.15, 0.2) is 0 Å². The molecular weight excluding hydrogens is 418 g/mol. The topological polar surface area (TPSA) is 111 Å². The molecule has 0 aromatic heterocycles. The van der Waals surface area contributed by atoms with Gasteiger partial charge in [-0.15, -0.1) is 0 Å². The van der Waals surface area contributed by atoms with Gasteiger partial charge in [0, 0.05) is 52.6 Å². The van der Waals surface area contributed by atoms with Gasteiger partial charge in [0.25, 0.3) is 17.5 Å². The summed E-state index contributed by atoms with van der Waals surface area (Å²) >= 11 is 0. The number of carbonyl (C=O) groups excluding carboxylic acids is 2. The molecule has 0 unspecified atom stereocenters. The zero-order valence-corrected chi connectivity index (χ0v) is 19.0. The molecule has 2 amide bonds. The summed E-state index contributed by atoms with van der Waals surface area (Å²) in [6, 6.07) is 5.64. The number of rotatable bonds is 14. The number of carbonyl (C=O) groups is 2. The predicted molar refractivity (Wildman–Crippen MR) is 118 cm³/mol. The van der Waals surface area contributed by atoms with Gasteiger partial charge in [-0.2, -0.15) is 0 Å². The lowest BCUT2D eigenvalue weighted by atomic mass is 10.0. The third kappa shape index (κ3) is 6.35. The van der Waals surface area contributed by atoms with E-state index in [4.69, 9.17) is 14.2 Å². The summed E-state index contributed by atoms with van der Waals surface area (Å²) in [5.41, 5.74) is 0.834. The summed E-state index contributed by atoms with van der Waals surface area (Å²) in [7, 11) is 3.12. The molecule has 10 heteroatoms. The number of benzene rings is 1. The second-order valence-corrected chi connectivity index (χ2v) is 7.54. The largest absolute Gasteiger partial charge is 0.383 e. The molecule has 32 heavy (non-hydrogen) atoms. The number of methoxy groups -OCH3 is 2. The Morgan fingerprint density at radius 3 is 2.09 bits per heavy atom. The third-order valence-corrected chi connectivity index (χ3v) is 4.93.